The molecule has 1 aliphatic heterocycles. The first-order valence-electron chi connectivity index (χ1n) is 5.02. The summed E-state index contributed by atoms with van der Waals surface area (Å²) >= 11 is 0. The maximum absolute atomic E-state index is 5.61. The third-order valence-electron chi connectivity index (χ3n) is 3.09. The number of hydrogen-bond acceptors (Lipinski definition) is 1. The number of ether oxygens (including phenoxy) is 1. The molecular weight excluding hydrogens is 148 g/mol. The summed E-state index contributed by atoms with van der Waals surface area (Å²) in [6.45, 7) is 5.39. The Hall–Kier alpha value is -0.300. The predicted octanol–water partition coefficient (Wildman–Crippen LogP) is 2.91. The van der Waals surface area contributed by atoms with Crippen molar-refractivity contribution in [3.63, 3.8) is 0 Å². The van der Waals surface area contributed by atoms with Crippen LogP contribution in [-0.4, -0.2) is 12.2 Å². The average molecular weight is 166 g/mol. The fourth-order valence-corrected chi connectivity index (χ4v) is 2.33. The van der Waals surface area contributed by atoms with Crippen molar-refractivity contribution in [2.45, 2.75) is 45.1 Å². The Labute approximate surface area is 74.8 Å². The lowest BCUT2D eigenvalue weighted by atomic mass is 9.78. The number of hydrogen-bond donors (Lipinski definition) is 0. The monoisotopic (exact) mass is 166 g/mol. The van der Waals surface area contributed by atoms with E-state index in [0.717, 1.165) is 12.5 Å². The van der Waals surface area contributed by atoms with E-state index in [1.807, 2.05) is 0 Å². The van der Waals surface area contributed by atoms with Gasteiger partial charge < -0.3 is 4.74 Å². The van der Waals surface area contributed by atoms with E-state index in [2.05, 4.69) is 19.9 Å². The van der Waals surface area contributed by atoms with Crippen molar-refractivity contribution in [1.29, 1.82) is 0 Å². The first kappa shape index (κ1) is 8.31. The molecule has 2 aliphatic rings. The van der Waals surface area contributed by atoms with Gasteiger partial charge in [-0.25, -0.2) is 0 Å². The summed E-state index contributed by atoms with van der Waals surface area (Å²) in [6.07, 6.45) is 7.80. The van der Waals surface area contributed by atoms with Gasteiger partial charge in [-0.15, -0.1) is 0 Å². The standard InChI is InChI=1S/C11H18O/c1-9(2)7-10-5-3-4-6-11(10)8-12-11/h7,10H,3-6,8H2,1-2H3/t10-,11?/m1/s1. The minimum absolute atomic E-state index is 0.301. The lowest BCUT2D eigenvalue weighted by Crippen LogP contribution is -2.26. The Balaban J connectivity index is 2.07. The van der Waals surface area contributed by atoms with E-state index in [1.54, 1.807) is 0 Å². The molecule has 1 nitrogen and oxygen atoms in total. The minimum atomic E-state index is 0.301. The first-order chi connectivity index (χ1) is 5.73. The van der Waals surface area contributed by atoms with E-state index in [-0.39, 0.29) is 0 Å². The second-order valence-electron chi connectivity index (χ2n) is 4.45. The molecule has 1 aliphatic carbocycles. The van der Waals surface area contributed by atoms with Crippen molar-refractivity contribution in [2.24, 2.45) is 5.92 Å². The van der Waals surface area contributed by atoms with Gasteiger partial charge in [0.2, 0.25) is 0 Å². The molecule has 0 aromatic carbocycles. The highest BCUT2D eigenvalue weighted by molar-refractivity contribution is 5.11. The van der Waals surface area contributed by atoms with Gasteiger partial charge in [0.15, 0.2) is 0 Å². The molecular formula is C11H18O. The van der Waals surface area contributed by atoms with Gasteiger partial charge >= 0.3 is 0 Å². The average Bonchev–Trinajstić information content (AvgIpc) is 2.75. The Morgan fingerprint density at radius 3 is 2.75 bits per heavy atom. The Morgan fingerprint density at radius 1 is 1.42 bits per heavy atom. The molecule has 12 heavy (non-hydrogen) atoms. The third-order valence-corrected chi connectivity index (χ3v) is 3.09. The molecule has 2 fully saturated rings. The molecule has 0 N–H and O–H groups in total. The first-order valence-corrected chi connectivity index (χ1v) is 5.02. The Morgan fingerprint density at radius 2 is 2.17 bits per heavy atom. The summed E-state index contributed by atoms with van der Waals surface area (Å²) in [5.41, 5.74) is 1.74. The number of rotatable bonds is 1. The summed E-state index contributed by atoms with van der Waals surface area (Å²) in [4.78, 5) is 0. The van der Waals surface area contributed by atoms with Gasteiger partial charge in [-0.05, 0) is 26.7 Å². The highest BCUT2D eigenvalue weighted by Gasteiger charge is 2.51. The van der Waals surface area contributed by atoms with E-state index < -0.39 is 0 Å². The van der Waals surface area contributed by atoms with Gasteiger partial charge in [0.25, 0.3) is 0 Å². The van der Waals surface area contributed by atoms with Crippen LogP contribution < -0.4 is 0 Å². The van der Waals surface area contributed by atoms with Gasteiger partial charge in [0.1, 0.15) is 0 Å². The molecule has 1 heterocycles. The van der Waals surface area contributed by atoms with Crippen LogP contribution in [0.2, 0.25) is 0 Å². The lowest BCUT2D eigenvalue weighted by molar-refractivity contribution is 0.189. The molecule has 0 aromatic rings. The van der Waals surface area contributed by atoms with Gasteiger partial charge in [-0.3, -0.25) is 0 Å². The second kappa shape index (κ2) is 2.88. The SMILES string of the molecule is CC(C)=C[C@H]1CCCCC12CO2. The smallest absolute Gasteiger partial charge is 0.0978 e. The summed E-state index contributed by atoms with van der Waals surface area (Å²) in [5.74, 6) is 0.719. The zero-order chi connectivity index (χ0) is 8.60. The van der Waals surface area contributed by atoms with Crippen LogP contribution in [-0.2, 0) is 4.74 Å². The van der Waals surface area contributed by atoms with Crippen LogP contribution in [0.15, 0.2) is 11.6 Å². The van der Waals surface area contributed by atoms with Gasteiger partial charge in [-0.2, -0.15) is 0 Å². The van der Waals surface area contributed by atoms with Crippen molar-refractivity contribution < 1.29 is 4.74 Å². The molecule has 68 valence electrons. The van der Waals surface area contributed by atoms with Crippen LogP contribution in [0, 0.1) is 5.92 Å². The lowest BCUT2D eigenvalue weighted by Gasteiger charge is -2.26. The van der Waals surface area contributed by atoms with Crippen LogP contribution in [0.5, 0.6) is 0 Å². The maximum Gasteiger partial charge on any atom is 0.0978 e. The largest absolute Gasteiger partial charge is 0.369 e. The molecule has 0 radical (unpaired) electrons. The van der Waals surface area contributed by atoms with Gasteiger partial charge in [0.05, 0.1) is 12.2 Å². The highest BCUT2D eigenvalue weighted by atomic mass is 16.6. The minimum Gasteiger partial charge on any atom is -0.369 e. The van der Waals surface area contributed by atoms with Gasteiger partial charge in [-0.1, -0.05) is 24.5 Å². The fraction of sp³-hybridized carbons (Fsp3) is 0.818. The normalized spacial score (nSPS) is 39.7. The molecule has 2 atom stereocenters. The molecule has 1 heteroatoms. The predicted molar refractivity (Wildman–Crippen MR) is 50.1 cm³/mol. The molecule has 1 saturated carbocycles. The molecule has 0 aromatic heterocycles. The van der Waals surface area contributed by atoms with E-state index in [9.17, 15) is 0 Å². The maximum atomic E-state index is 5.61. The summed E-state index contributed by atoms with van der Waals surface area (Å²) < 4.78 is 5.61. The molecule has 0 bridgehead atoms. The van der Waals surface area contributed by atoms with Crippen LogP contribution in [0.4, 0.5) is 0 Å². The molecule has 0 amide bonds. The number of epoxide rings is 1. The molecule has 2 rings (SSSR count). The zero-order valence-corrected chi connectivity index (χ0v) is 8.10. The molecule has 1 spiro atoms. The van der Waals surface area contributed by atoms with Crippen molar-refractivity contribution in [3.05, 3.63) is 11.6 Å². The number of allylic oxidation sites excluding steroid dienone is 1. The van der Waals surface area contributed by atoms with Crippen LogP contribution in [0.3, 0.4) is 0 Å². The van der Waals surface area contributed by atoms with E-state index in [4.69, 9.17) is 4.74 Å². The fourth-order valence-electron chi connectivity index (χ4n) is 2.33. The summed E-state index contributed by atoms with van der Waals surface area (Å²) in [5, 5.41) is 0. The quantitative estimate of drug-likeness (QED) is 0.431. The Kier molecular flexibility index (Phi) is 1.99. The molecule has 1 unspecified atom stereocenters. The van der Waals surface area contributed by atoms with Gasteiger partial charge in [0, 0.05) is 5.92 Å². The van der Waals surface area contributed by atoms with Crippen molar-refractivity contribution in [3.8, 4) is 0 Å². The van der Waals surface area contributed by atoms with Crippen molar-refractivity contribution in [1.82, 2.24) is 0 Å². The van der Waals surface area contributed by atoms with Crippen LogP contribution in [0.1, 0.15) is 39.5 Å². The Bertz CT molecular complexity index is 197. The van der Waals surface area contributed by atoms with Crippen molar-refractivity contribution in [2.75, 3.05) is 6.61 Å². The van der Waals surface area contributed by atoms with Crippen LogP contribution >= 0.6 is 0 Å². The van der Waals surface area contributed by atoms with E-state index in [1.165, 1.54) is 31.3 Å². The summed E-state index contributed by atoms with van der Waals surface area (Å²) in [6, 6.07) is 0. The highest BCUT2D eigenvalue weighted by Crippen LogP contribution is 2.46. The third kappa shape index (κ3) is 1.42. The second-order valence-corrected chi connectivity index (χ2v) is 4.45. The topological polar surface area (TPSA) is 12.5 Å². The van der Waals surface area contributed by atoms with Crippen LogP contribution in [0.25, 0.3) is 0 Å². The summed E-state index contributed by atoms with van der Waals surface area (Å²) in [7, 11) is 0. The molecule has 1 saturated heterocycles. The van der Waals surface area contributed by atoms with E-state index in [0.29, 0.717) is 5.60 Å². The zero-order valence-electron chi connectivity index (χ0n) is 8.10. The van der Waals surface area contributed by atoms with Crippen molar-refractivity contribution >= 4 is 0 Å². The van der Waals surface area contributed by atoms with E-state index >= 15 is 0 Å².